The Balaban J connectivity index is 1.50. The SMILES string of the molecule is CC1CC(c2ccccc2)C2(CN(C)c3ccccc32)C1c1ccc(-c2ccccc2)cc1. The van der Waals surface area contributed by atoms with Gasteiger partial charge in [0.05, 0.1) is 0 Å². The Morgan fingerprint density at radius 1 is 0.667 bits per heavy atom. The van der Waals surface area contributed by atoms with Crippen molar-refractivity contribution in [2.24, 2.45) is 5.92 Å². The Kier molecular flexibility index (Phi) is 4.87. The molecule has 1 aliphatic heterocycles. The lowest BCUT2D eigenvalue weighted by Gasteiger charge is -2.39. The molecule has 0 N–H and O–H groups in total. The van der Waals surface area contributed by atoms with Gasteiger partial charge in [0, 0.05) is 24.7 Å². The summed E-state index contributed by atoms with van der Waals surface area (Å²) in [5, 5.41) is 0. The van der Waals surface area contributed by atoms with Crippen LogP contribution in [0.25, 0.3) is 11.1 Å². The maximum atomic E-state index is 2.49. The third-order valence-corrected chi connectivity index (χ3v) is 8.25. The van der Waals surface area contributed by atoms with E-state index in [4.69, 9.17) is 0 Å². The molecule has 1 aliphatic carbocycles. The molecule has 0 aromatic heterocycles. The third-order valence-electron chi connectivity index (χ3n) is 8.25. The highest BCUT2D eigenvalue weighted by atomic mass is 15.1. The highest BCUT2D eigenvalue weighted by Crippen LogP contribution is 2.64. The average molecular weight is 430 g/mol. The highest BCUT2D eigenvalue weighted by Gasteiger charge is 2.59. The molecule has 164 valence electrons. The molecule has 1 nitrogen and oxygen atoms in total. The number of anilines is 1. The lowest BCUT2D eigenvalue weighted by molar-refractivity contribution is 0.356. The van der Waals surface area contributed by atoms with Gasteiger partial charge in [0.25, 0.3) is 0 Å². The Hall–Kier alpha value is -3.32. The van der Waals surface area contributed by atoms with Crippen LogP contribution in [0.3, 0.4) is 0 Å². The minimum absolute atomic E-state index is 0.0837. The number of hydrogen-bond acceptors (Lipinski definition) is 1. The van der Waals surface area contributed by atoms with E-state index < -0.39 is 0 Å². The first-order valence-corrected chi connectivity index (χ1v) is 12.2. The average Bonchev–Trinajstić information content (AvgIpc) is 3.33. The van der Waals surface area contributed by atoms with Gasteiger partial charge in [-0.1, -0.05) is 110 Å². The van der Waals surface area contributed by atoms with Gasteiger partial charge in [0.1, 0.15) is 0 Å². The van der Waals surface area contributed by atoms with Crippen molar-refractivity contribution in [2.75, 3.05) is 18.5 Å². The first-order valence-electron chi connectivity index (χ1n) is 12.2. The van der Waals surface area contributed by atoms with E-state index in [-0.39, 0.29) is 5.41 Å². The predicted molar refractivity (Wildman–Crippen MR) is 139 cm³/mol. The van der Waals surface area contributed by atoms with Crippen molar-refractivity contribution in [3.05, 3.63) is 126 Å². The van der Waals surface area contributed by atoms with Crippen molar-refractivity contribution in [3.8, 4) is 11.1 Å². The summed E-state index contributed by atoms with van der Waals surface area (Å²) in [5.41, 5.74) is 8.55. The standard InChI is InChI=1S/C32H31N/c1-23-21-29(26-13-7-4-8-14-26)32(22-33(2)30-16-10-9-15-28(30)32)31(23)27-19-17-25(18-20-27)24-11-5-3-6-12-24/h3-20,23,29,31H,21-22H2,1-2H3. The van der Waals surface area contributed by atoms with Crippen LogP contribution in [0.2, 0.25) is 0 Å². The number of para-hydroxylation sites is 1. The van der Waals surface area contributed by atoms with Crippen LogP contribution in [0.1, 0.15) is 41.9 Å². The van der Waals surface area contributed by atoms with E-state index >= 15 is 0 Å². The summed E-state index contributed by atoms with van der Waals surface area (Å²) in [6, 6.07) is 40.6. The van der Waals surface area contributed by atoms with Crippen molar-refractivity contribution < 1.29 is 0 Å². The zero-order valence-corrected chi connectivity index (χ0v) is 19.5. The molecule has 1 fully saturated rings. The van der Waals surface area contributed by atoms with E-state index in [2.05, 4.69) is 128 Å². The lowest BCUT2D eigenvalue weighted by Crippen LogP contribution is -2.39. The predicted octanol–water partition coefficient (Wildman–Crippen LogP) is 7.65. The second-order valence-electron chi connectivity index (χ2n) is 10.1. The van der Waals surface area contributed by atoms with Gasteiger partial charge >= 0.3 is 0 Å². The second-order valence-corrected chi connectivity index (χ2v) is 10.1. The van der Waals surface area contributed by atoms with Crippen LogP contribution in [0, 0.1) is 5.92 Å². The van der Waals surface area contributed by atoms with Gasteiger partial charge in [-0.2, -0.15) is 0 Å². The van der Waals surface area contributed by atoms with Crippen LogP contribution >= 0.6 is 0 Å². The van der Waals surface area contributed by atoms with Gasteiger partial charge in [0.2, 0.25) is 0 Å². The summed E-state index contributed by atoms with van der Waals surface area (Å²) in [7, 11) is 2.27. The van der Waals surface area contributed by atoms with E-state index in [1.807, 2.05) is 0 Å². The highest BCUT2D eigenvalue weighted by molar-refractivity contribution is 5.67. The molecular weight excluding hydrogens is 398 g/mol. The normalized spacial score (nSPS) is 26.0. The van der Waals surface area contributed by atoms with Gasteiger partial charge in [-0.3, -0.25) is 0 Å². The fraction of sp³-hybridized carbons (Fsp3) is 0.250. The number of benzene rings is 4. The summed E-state index contributed by atoms with van der Waals surface area (Å²) < 4.78 is 0. The number of likely N-dealkylation sites (N-methyl/N-ethyl adjacent to an activating group) is 1. The molecule has 1 heteroatoms. The monoisotopic (exact) mass is 429 g/mol. The molecule has 0 radical (unpaired) electrons. The number of hydrogen-bond donors (Lipinski definition) is 0. The molecule has 4 aromatic carbocycles. The molecule has 4 atom stereocenters. The van der Waals surface area contributed by atoms with Gasteiger partial charge in [-0.05, 0) is 58.1 Å². The Labute approximate surface area is 197 Å². The van der Waals surface area contributed by atoms with Crippen molar-refractivity contribution in [1.82, 2.24) is 0 Å². The van der Waals surface area contributed by atoms with Crippen LogP contribution in [0.5, 0.6) is 0 Å². The van der Waals surface area contributed by atoms with E-state index in [0.29, 0.717) is 17.8 Å². The molecule has 1 saturated carbocycles. The van der Waals surface area contributed by atoms with E-state index in [0.717, 1.165) is 6.54 Å². The largest absolute Gasteiger partial charge is 0.373 e. The molecule has 33 heavy (non-hydrogen) atoms. The molecule has 0 amide bonds. The maximum Gasteiger partial charge on any atom is 0.0403 e. The molecule has 4 unspecified atom stereocenters. The molecule has 1 heterocycles. The second kappa shape index (κ2) is 7.92. The van der Waals surface area contributed by atoms with Crippen LogP contribution in [-0.2, 0) is 5.41 Å². The van der Waals surface area contributed by atoms with Crippen LogP contribution in [0.15, 0.2) is 109 Å². The molecule has 0 bridgehead atoms. The Morgan fingerprint density at radius 3 is 2.00 bits per heavy atom. The zero-order chi connectivity index (χ0) is 22.4. The van der Waals surface area contributed by atoms with Crippen LogP contribution in [-0.4, -0.2) is 13.6 Å². The first-order chi connectivity index (χ1) is 16.2. The molecule has 0 saturated heterocycles. The molecular formula is C32H31N. The van der Waals surface area contributed by atoms with Crippen LogP contribution in [0.4, 0.5) is 5.69 Å². The topological polar surface area (TPSA) is 3.24 Å². The van der Waals surface area contributed by atoms with Crippen molar-refractivity contribution in [2.45, 2.75) is 30.6 Å². The third kappa shape index (κ3) is 3.14. The van der Waals surface area contributed by atoms with Crippen molar-refractivity contribution in [3.63, 3.8) is 0 Å². The number of rotatable bonds is 3. The Morgan fingerprint density at radius 2 is 1.27 bits per heavy atom. The van der Waals surface area contributed by atoms with E-state index in [1.54, 1.807) is 0 Å². The number of nitrogens with zero attached hydrogens (tertiary/aromatic N) is 1. The van der Waals surface area contributed by atoms with E-state index in [1.165, 1.54) is 39.9 Å². The van der Waals surface area contributed by atoms with Crippen molar-refractivity contribution in [1.29, 1.82) is 0 Å². The number of fused-ring (bicyclic) bond motifs is 2. The Bertz CT molecular complexity index is 1240. The van der Waals surface area contributed by atoms with Crippen molar-refractivity contribution >= 4 is 5.69 Å². The maximum absolute atomic E-state index is 2.49. The summed E-state index contributed by atoms with van der Waals surface area (Å²) in [6.45, 7) is 3.54. The molecule has 6 rings (SSSR count). The summed E-state index contributed by atoms with van der Waals surface area (Å²) in [5.74, 6) is 1.61. The summed E-state index contributed by atoms with van der Waals surface area (Å²) >= 11 is 0. The molecule has 1 spiro atoms. The quantitative estimate of drug-likeness (QED) is 0.323. The first kappa shape index (κ1) is 20.3. The molecule has 2 aliphatic rings. The van der Waals surface area contributed by atoms with E-state index in [9.17, 15) is 0 Å². The van der Waals surface area contributed by atoms with Gasteiger partial charge in [-0.25, -0.2) is 0 Å². The van der Waals surface area contributed by atoms with Gasteiger partial charge in [0.15, 0.2) is 0 Å². The summed E-state index contributed by atoms with van der Waals surface area (Å²) in [6.07, 6.45) is 1.22. The fourth-order valence-electron chi connectivity index (χ4n) is 7.03. The fourth-order valence-corrected chi connectivity index (χ4v) is 7.03. The minimum Gasteiger partial charge on any atom is -0.373 e. The lowest BCUT2D eigenvalue weighted by atomic mass is 9.64. The van der Waals surface area contributed by atoms with Crippen LogP contribution < -0.4 is 4.90 Å². The van der Waals surface area contributed by atoms with Gasteiger partial charge < -0.3 is 4.90 Å². The molecule has 4 aromatic rings. The smallest absolute Gasteiger partial charge is 0.0403 e. The van der Waals surface area contributed by atoms with Gasteiger partial charge in [-0.15, -0.1) is 0 Å². The minimum atomic E-state index is 0.0837. The zero-order valence-electron chi connectivity index (χ0n) is 19.5. The summed E-state index contributed by atoms with van der Waals surface area (Å²) in [4.78, 5) is 2.49.